The van der Waals surface area contributed by atoms with E-state index >= 15 is 0 Å². The molecule has 108 valence electrons. The molecule has 0 radical (unpaired) electrons. The summed E-state index contributed by atoms with van der Waals surface area (Å²) in [6.45, 7) is 4.93. The van der Waals surface area contributed by atoms with Gasteiger partial charge in [-0.05, 0) is 60.2 Å². The predicted molar refractivity (Wildman–Crippen MR) is 97.8 cm³/mol. The van der Waals surface area contributed by atoms with E-state index in [-0.39, 0.29) is 24.0 Å². The van der Waals surface area contributed by atoms with Crippen molar-refractivity contribution in [3.8, 4) is 0 Å². The highest BCUT2D eigenvalue weighted by atomic mass is 127. The number of nitrogens with zero attached hydrogens (tertiary/aromatic N) is 1. The van der Waals surface area contributed by atoms with Gasteiger partial charge >= 0.3 is 0 Å². The van der Waals surface area contributed by atoms with E-state index in [4.69, 9.17) is 0 Å². The average Bonchev–Trinajstić information content (AvgIpc) is 3.09. The van der Waals surface area contributed by atoms with Gasteiger partial charge in [0.15, 0.2) is 5.96 Å². The number of nitrogens with one attached hydrogen (secondary N) is 2. The van der Waals surface area contributed by atoms with Gasteiger partial charge in [0.1, 0.15) is 0 Å². The zero-order valence-corrected chi connectivity index (χ0v) is 15.8. The number of hydrogen-bond acceptors (Lipinski definition) is 2. The molecule has 1 fully saturated rings. The Hall–Kier alpha value is 0.180. The van der Waals surface area contributed by atoms with E-state index < -0.39 is 0 Å². The maximum Gasteiger partial charge on any atom is 0.191 e. The van der Waals surface area contributed by atoms with Crippen LogP contribution in [0.15, 0.2) is 20.9 Å². The second-order valence-electron chi connectivity index (χ2n) is 4.55. The smallest absolute Gasteiger partial charge is 0.191 e. The van der Waals surface area contributed by atoms with Crippen LogP contribution in [0.3, 0.4) is 0 Å². The van der Waals surface area contributed by atoms with E-state index in [1.807, 2.05) is 0 Å². The fourth-order valence-corrected chi connectivity index (χ4v) is 3.14. The summed E-state index contributed by atoms with van der Waals surface area (Å²) in [7, 11) is 0. The zero-order valence-electron chi connectivity index (χ0n) is 11.1. The molecule has 2 rings (SSSR count). The van der Waals surface area contributed by atoms with Crippen LogP contribution in [0.4, 0.5) is 0 Å². The molecule has 0 unspecified atom stereocenters. The number of aliphatic imine (C=N–C) groups is 1. The molecule has 1 aromatic heterocycles. The molecule has 0 aromatic carbocycles. The molecule has 0 spiro atoms. The van der Waals surface area contributed by atoms with Crippen molar-refractivity contribution in [2.75, 3.05) is 19.6 Å². The van der Waals surface area contributed by atoms with Crippen molar-refractivity contribution in [2.24, 2.45) is 10.9 Å². The Bertz CT molecular complexity index is 404. The van der Waals surface area contributed by atoms with E-state index in [1.54, 1.807) is 11.3 Å². The normalized spacial score (nSPS) is 14.9. The summed E-state index contributed by atoms with van der Waals surface area (Å²) >= 11 is 5.29. The molecule has 0 amide bonds. The van der Waals surface area contributed by atoms with Gasteiger partial charge in [0, 0.05) is 24.5 Å². The largest absolute Gasteiger partial charge is 0.357 e. The fraction of sp³-hybridized carbons (Fsp3) is 0.615. The third kappa shape index (κ3) is 6.94. The molecular weight excluding hydrogens is 437 g/mol. The zero-order chi connectivity index (χ0) is 12.8. The van der Waals surface area contributed by atoms with Crippen LogP contribution in [-0.2, 0) is 6.42 Å². The maximum atomic E-state index is 4.60. The van der Waals surface area contributed by atoms with Crippen LogP contribution in [0.5, 0.6) is 0 Å². The minimum atomic E-state index is 0. The van der Waals surface area contributed by atoms with Gasteiger partial charge in [-0.25, -0.2) is 0 Å². The molecule has 0 saturated heterocycles. The van der Waals surface area contributed by atoms with Crippen LogP contribution in [-0.4, -0.2) is 25.6 Å². The SMILES string of the molecule is CCNC(=NCC1CC1)NCCc1ccc(Br)s1.I. The van der Waals surface area contributed by atoms with E-state index in [9.17, 15) is 0 Å². The first kappa shape index (κ1) is 17.2. The molecule has 1 aliphatic carbocycles. The molecule has 1 aliphatic rings. The Morgan fingerprint density at radius 3 is 2.79 bits per heavy atom. The Labute approximate surface area is 144 Å². The van der Waals surface area contributed by atoms with Crippen LogP contribution in [0.25, 0.3) is 0 Å². The van der Waals surface area contributed by atoms with E-state index in [2.05, 4.69) is 50.6 Å². The summed E-state index contributed by atoms with van der Waals surface area (Å²) in [5.41, 5.74) is 0. The summed E-state index contributed by atoms with van der Waals surface area (Å²) in [5, 5.41) is 6.68. The van der Waals surface area contributed by atoms with Crippen molar-refractivity contribution in [1.29, 1.82) is 0 Å². The van der Waals surface area contributed by atoms with Gasteiger partial charge in [0.2, 0.25) is 0 Å². The van der Waals surface area contributed by atoms with Gasteiger partial charge in [0.05, 0.1) is 3.79 Å². The molecule has 1 saturated carbocycles. The van der Waals surface area contributed by atoms with Crippen molar-refractivity contribution in [2.45, 2.75) is 26.2 Å². The van der Waals surface area contributed by atoms with Crippen LogP contribution in [0.2, 0.25) is 0 Å². The first-order valence-electron chi connectivity index (χ1n) is 6.54. The lowest BCUT2D eigenvalue weighted by atomic mass is 10.3. The topological polar surface area (TPSA) is 36.4 Å². The minimum absolute atomic E-state index is 0. The number of guanidine groups is 1. The molecule has 0 atom stereocenters. The molecule has 1 heterocycles. The molecule has 2 N–H and O–H groups in total. The second kappa shape index (κ2) is 9.18. The molecule has 1 aromatic rings. The minimum Gasteiger partial charge on any atom is -0.357 e. The van der Waals surface area contributed by atoms with Crippen molar-refractivity contribution in [1.82, 2.24) is 10.6 Å². The van der Waals surface area contributed by atoms with E-state index in [1.165, 1.54) is 21.5 Å². The van der Waals surface area contributed by atoms with E-state index in [0.717, 1.165) is 37.9 Å². The van der Waals surface area contributed by atoms with Crippen molar-refractivity contribution in [3.05, 3.63) is 20.8 Å². The summed E-state index contributed by atoms with van der Waals surface area (Å²) in [6.07, 6.45) is 3.75. The molecule has 3 nitrogen and oxygen atoms in total. The molecule has 19 heavy (non-hydrogen) atoms. The van der Waals surface area contributed by atoms with Crippen LogP contribution >= 0.6 is 51.2 Å². The number of rotatable bonds is 6. The molecule has 0 bridgehead atoms. The average molecular weight is 458 g/mol. The van der Waals surface area contributed by atoms with Crippen molar-refractivity contribution >= 4 is 57.2 Å². The quantitative estimate of drug-likeness (QED) is 0.388. The lowest BCUT2D eigenvalue weighted by Gasteiger charge is -2.10. The Morgan fingerprint density at radius 2 is 2.21 bits per heavy atom. The third-order valence-corrected chi connectivity index (χ3v) is 4.52. The molecule has 6 heteroatoms. The van der Waals surface area contributed by atoms with Crippen LogP contribution in [0.1, 0.15) is 24.6 Å². The lowest BCUT2D eigenvalue weighted by Crippen LogP contribution is -2.38. The first-order valence-corrected chi connectivity index (χ1v) is 8.15. The fourth-order valence-electron chi connectivity index (χ4n) is 1.65. The standard InChI is InChI=1S/C13H20BrN3S.HI/c1-2-15-13(17-9-10-3-4-10)16-8-7-11-5-6-12(14)18-11;/h5-6,10H,2-4,7-9H2,1H3,(H2,15,16,17);1H. The Kier molecular flexibility index (Phi) is 8.32. The Morgan fingerprint density at radius 1 is 1.42 bits per heavy atom. The van der Waals surface area contributed by atoms with Crippen molar-refractivity contribution in [3.63, 3.8) is 0 Å². The van der Waals surface area contributed by atoms with Gasteiger partial charge in [-0.1, -0.05) is 0 Å². The summed E-state index contributed by atoms with van der Waals surface area (Å²) in [4.78, 5) is 6.00. The monoisotopic (exact) mass is 457 g/mol. The van der Waals surface area contributed by atoms with Crippen LogP contribution in [0, 0.1) is 5.92 Å². The third-order valence-electron chi connectivity index (χ3n) is 2.84. The van der Waals surface area contributed by atoms with Gasteiger partial charge < -0.3 is 10.6 Å². The highest BCUT2D eigenvalue weighted by molar-refractivity contribution is 14.0. The summed E-state index contributed by atoms with van der Waals surface area (Å²) < 4.78 is 1.20. The Balaban J connectivity index is 0.00000180. The predicted octanol–water partition coefficient (Wildman–Crippen LogP) is 3.64. The highest BCUT2D eigenvalue weighted by Crippen LogP contribution is 2.28. The summed E-state index contributed by atoms with van der Waals surface area (Å²) in [5.74, 6) is 1.80. The van der Waals surface area contributed by atoms with E-state index in [0.29, 0.717) is 0 Å². The van der Waals surface area contributed by atoms with Gasteiger partial charge in [-0.2, -0.15) is 0 Å². The maximum absolute atomic E-state index is 4.60. The second-order valence-corrected chi connectivity index (χ2v) is 7.09. The number of halogens is 2. The van der Waals surface area contributed by atoms with Crippen LogP contribution < -0.4 is 10.6 Å². The van der Waals surface area contributed by atoms with Gasteiger partial charge in [-0.15, -0.1) is 35.3 Å². The van der Waals surface area contributed by atoms with Crippen molar-refractivity contribution < 1.29 is 0 Å². The molecular formula is C13H21BrIN3S. The number of thiophene rings is 1. The lowest BCUT2D eigenvalue weighted by molar-refractivity contribution is 0.779. The summed E-state index contributed by atoms with van der Waals surface area (Å²) in [6, 6.07) is 4.27. The highest BCUT2D eigenvalue weighted by Gasteiger charge is 2.20. The first-order chi connectivity index (χ1) is 8.78. The number of hydrogen-bond donors (Lipinski definition) is 2. The molecule has 0 aliphatic heterocycles. The van der Waals surface area contributed by atoms with Gasteiger partial charge in [0.25, 0.3) is 0 Å². The van der Waals surface area contributed by atoms with Gasteiger partial charge in [-0.3, -0.25) is 4.99 Å².